The first-order valence-electron chi connectivity index (χ1n) is 12.0. The molecule has 1 aromatic heterocycles. The molecule has 1 heterocycles. The molecule has 0 saturated heterocycles. The summed E-state index contributed by atoms with van der Waals surface area (Å²) in [6.07, 6.45) is 0. The molecule has 0 fully saturated rings. The molecule has 0 aliphatic rings. The van der Waals surface area contributed by atoms with Crippen LogP contribution in [0.15, 0.2) is 60.7 Å². The van der Waals surface area contributed by atoms with Crippen molar-refractivity contribution in [3.05, 3.63) is 66.2 Å². The van der Waals surface area contributed by atoms with Gasteiger partial charge >= 0.3 is 0 Å². The van der Waals surface area contributed by atoms with Crippen molar-refractivity contribution in [2.45, 2.75) is 19.8 Å². The number of nitrogens with one attached hydrogen (secondary N) is 3. The highest BCUT2D eigenvalue weighted by molar-refractivity contribution is 5.94. The predicted molar refractivity (Wildman–Crippen MR) is 148 cm³/mol. The number of para-hydroxylation sites is 1. The molecule has 7 heteroatoms. The molecule has 0 aliphatic carbocycles. The summed E-state index contributed by atoms with van der Waals surface area (Å²) in [6, 6.07) is 20.7. The molecule has 3 N–H and O–H groups in total. The summed E-state index contributed by atoms with van der Waals surface area (Å²) in [7, 11) is 8.04. The van der Waals surface area contributed by atoms with Gasteiger partial charge in [-0.2, -0.15) is 5.10 Å². The molecule has 0 unspecified atom stereocenters. The second-order valence-corrected chi connectivity index (χ2v) is 9.44. The minimum atomic E-state index is 0.362. The van der Waals surface area contributed by atoms with Gasteiger partial charge in [0.15, 0.2) is 5.82 Å². The van der Waals surface area contributed by atoms with Crippen LogP contribution in [-0.2, 0) is 0 Å². The molecule has 7 nitrogen and oxygen atoms in total. The largest absolute Gasteiger partial charge is 0.494 e. The van der Waals surface area contributed by atoms with Crippen molar-refractivity contribution in [2.75, 3.05) is 56.9 Å². The molecule has 0 radical (unpaired) electrons. The third-order valence-corrected chi connectivity index (χ3v) is 6.14. The van der Waals surface area contributed by atoms with Gasteiger partial charge in [0.2, 0.25) is 0 Å². The quantitative estimate of drug-likeness (QED) is 0.256. The Hall–Kier alpha value is -3.71. The van der Waals surface area contributed by atoms with E-state index in [0.717, 1.165) is 52.6 Å². The summed E-state index contributed by atoms with van der Waals surface area (Å²) in [5, 5.41) is 15.7. The molecule has 3 aromatic carbocycles. The lowest BCUT2D eigenvalue weighted by atomic mass is 9.99. The van der Waals surface area contributed by atoms with Crippen molar-refractivity contribution in [3.8, 4) is 5.75 Å². The summed E-state index contributed by atoms with van der Waals surface area (Å²) < 4.78 is 5.80. The van der Waals surface area contributed by atoms with E-state index in [9.17, 15) is 0 Å². The topological polar surface area (TPSA) is 68.5 Å². The number of hydrogen-bond acceptors (Lipinski definition) is 6. The summed E-state index contributed by atoms with van der Waals surface area (Å²) in [4.78, 5) is 4.50. The van der Waals surface area contributed by atoms with Crippen LogP contribution in [-0.4, -0.2) is 56.4 Å². The maximum Gasteiger partial charge on any atom is 0.160 e. The SMILES string of the molecule is COc1cc(N(C)CCN(C)C)c(C(C)C)cc1Nc1n[nH]c2cc(Nc3ccccc3)ccc12. The van der Waals surface area contributed by atoms with E-state index in [0.29, 0.717) is 5.92 Å². The molecule has 0 saturated carbocycles. The maximum atomic E-state index is 5.80. The Morgan fingerprint density at radius 2 is 1.69 bits per heavy atom. The van der Waals surface area contributed by atoms with Crippen LogP contribution in [0.4, 0.5) is 28.6 Å². The lowest BCUT2D eigenvalue weighted by Crippen LogP contribution is -2.29. The van der Waals surface area contributed by atoms with Gasteiger partial charge in [0.05, 0.1) is 18.3 Å². The fourth-order valence-electron chi connectivity index (χ4n) is 4.12. The minimum Gasteiger partial charge on any atom is -0.494 e. The predicted octanol–water partition coefficient (Wildman–Crippen LogP) is 6.18. The third-order valence-electron chi connectivity index (χ3n) is 6.14. The van der Waals surface area contributed by atoms with Gasteiger partial charge in [-0.05, 0) is 62.0 Å². The van der Waals surface area contributed by atoms with Crippen molar-refractivity contribution < 1.29 is 4.74 Å². The second kappa shape index (κ2) is 10.7. The maximum absolute atomic E-state index is 5.80. The summed E-state index contributed by atoms with van der Waals surface area (Å²) >= 11 is 0. The number of methoxy groups -OCH3 is 1. The summed E-state index contributed by atoms with van der Waals surface area (Å²) in [6.45, 7) is 6.36. The van der Waals surface area contributed by atoms with Crippen LogP contribution >= 0.6 is 0 Å². The van der Waals surface area contributed by atoms with Gasteiger partial charge in [-0.1, -0.05) is 32.0 Å². The Labute approximate surface area is 208 Å². The lowest BCUT2D eigenvalue weighted by molar-refractivity contribution is 0.413. The van der Waals surface area contributed by atoms with E-state index in [2.05, 4.69) is 96.0 Å². The molecule has 4 rings (SSSR count). The standard InChI is InChI=1S/C28H36N6O/c1-19(2)23-17-25(27(35-6)18-26(23)34(5)15-14-33(3)4)30-28-22-13-12-21(16-24(22)31-32-28)29-20-10-8-7-9-11-20/h7-13,16-19,29H,14-15H2,1-6H3,(H2,30,31,32). The molecule has 0 spiro atoms. The van der Waals surface area contributed by atoms with E-state index in [1.807, 2.05) is 30.3 Å². The van der Waals surface area contributed by atoms with E-state index in [-0.39, 0.29) is 0 Å². The smallest absolute Gasteiger partial charge is 0.160 e. The van der Waals surface area contributed by atoms with Crippen LogP contribution in [0, 0.1) is 0 Å². The molecule has 0 bridgehead atoms. The van der Waals surface area contributed by atoms with Crippen molar-refractivity contribution in [1.82, 2.24) is 15.1 Å². The van der Waals surface area contributed by atoms with E-state index in [1.165, 1.54) is 11.3 Å². The van der Waals surface area contributed by atoms with Gasteiger partial charge in [-0.3, -0.25) is 5.10 Å². The molecule has 35 heavy (non-hydrogen) atoms. The van der Waals surface area contributed by atoms with E-state index >= 15 is 0 Å². The van der Waals surface area contributed by atoms with Gasteiger partial charge in [-0.15, -0.1) is 0 Å². The number of rotatable bonds is 10. The first kappa shape index (κ1) is 24.4. The zero-order valence-corrected chi connectivity index (χ0v) is 21.5. The molecule has 0 amide bonds. The number of H-pyrrole nitrogens is 1. The Kier molecular flexibility index (Phi) is 7.46. The van der Waals surface area contributed by atoms with Gasteiger partial charge < -0.3 is 25.2 Å². The number of fused-ring (bicyclic) bond motifs is 1. The highest BCUT2D eigenvalue weighted by Crippen LogP contribution is 2.39. The fraction of sp³-hybridized carbons (Fsp3) is 0.321. The summed E-state index contributed by atoms with van der Waals surface area (Å²) in [5.74, 6) is 1.92. The number of aromatic nitrogens is 2. The zero-order chi connectivity index (χ0) is 24.9. The van der Waals surface area contributed by atoms with Crippen molar-refractivity contribution in [2.24, 2.45) is 0 Å². The number of likely N-dealkylation sites (N-methyl/N-ethyl adjacent to an activating group) is 2. The second-order valence-electron chi connectivity index (χ2n) is 9.44. The number of hydrogen-bond donors (Lipinski definition) is 3. The highest BCUT2D eigenvalue weighted by atomic mass is 16.5. The van der Waals surface area contributed by atoms with Gasteiger partial charge in [0, 0.05) is 48.7 Å². The Morgan fingerprint density at radius 3 is 2.37 bits per heavy atom. The van der Waals surface area contributed by atoms with Crippen LogP contribution in [0.2, 0.25) is 0 Å². The minimum absolute atomic E-state index is 0.362. The molecule has 0 aliphatic heterocycles. The van der Waals surface area contributed by atoms with Crippen molar-refractivity contribution in [3.63, 3.8) is 0 Å². The first-order valence-corrected chi connectivity index (χ1v) is 12.0. The molecule has 4 aromatic rings. The first-order chi connectivity index (χ1) is 16.9. The average Bonchev–Trinajstić information content (AvgIpc) is 3.24. The van der Waals surface area contributed by atoms with E-state index in [1.54, 1.807) is 7.11 Å². The Morgan fingerprint density at radius 1 is 0.914 bits per heavy atom. The molecule has 184 valence electrons. The lowest BCUT2D eigenvalue weighted by Gasteiger charge is -2.27. The normalized spacial score (nSPS) is 11.3. The van der Waals surface area contributed by atoms with Crippen molar-refractivity contribution in [1.29, 1.82) is 0 Å². The van der Waals surface area contributed by atoms with Gasteiger partial charge in [0.1, 0.15) is 5.75 Å². The molecule has 0 atom stereocenters. The number of benzene rings is 3. The van der Waals surface area contributed by atoms with Crippen LogP contribution in [0.3, 0.4) is 0 Å². The number of ether oxygens (including phenoxy) is 1. The average molecular weight is 473 g/mol. The number of aromatic amines is 1. The van der Waals surface area contributed by atoms with Crippen LogP contribution < -0.4 is 20.3 Å². The van der Waals surface area contributed by atoms with E-state index < -0.39 is 0 Å². The number of nitrogens with zero attached hydrogens (tertiary/aromatic N) is 3. The Balaban J connectivity index is 1.62. The van der Waals surface area contributed by atoms with Crippen LogP contribution in [0.5, 0.6) is 5.75 Å². The Bertz CT molecular complexity index is 1270. The third kappa shape index (κ3) is 5.69. The van der Waals surface area contributed by atoms with Gasteiger partial charge in [0.25, 0.3) is 0 Å². The van der Waals surface area contributed by atoms with Crippen LogP contribution in [0.1, 0.15) is 25.3 Å². The monoisotopic (exact) mass is 472 g/mol. The van der Waals surface area contributed by atoms with E-state index in [4.69, 9.17) is 4.74 Å². The molecular weight excluding hydrogens is 436 g/mol. The van der Waals surface area contributed by atoms with Crippen LogP contribution in [0.25, 0.3) is 10.9 Å². The van der Waals surface area contributed by atoms with Crippen molar-refractivity contribution >= 4 is 39.5 Å². The summed E-state index contributed by atoms with van der Waals surface area (Å²) in [5.41, 5.74) is 6.36. The fourth-order valence-corrected chi connectivity index (χ4v) is 4.12. The van der Waals surface area contributed by atoms with Gasteiger partial charge in [-0.25, -0.2) is 0 Å². The zero-order valence-electron chi connectivity index (χ0n) is 21.5. The molecular formula is C28H36N6O. The number of anilines is 5. The highest BCUT2D eigenvalue weighted by Gasteiger charge is 2.18.